The number of fused-ring (bicyclic) bond motifs is 1. The molecule has 0 unspecified atom stereocenters. The minimum absolute atomic E-state index is 0.141. The Morgan fingerprint density at radius 3 is 2.77 bits per heavy atom. The van der Waals surface area contributed by atoms with Crippen LogP contribution in [0.5, 0.6) is 0 Å². The van der Waals surface area contributed by atoms with Crippen LogP contribution in [-0.2, 0) is 11.3 Å². The monoisotopic (exact) mass is 349 g/mol. The van der Waals surface area contributed by atoms with Crippen molar-refractivity contribution in [2.24, 2.45) is 0 Å². The Kier molecular flexibility index (Phi) is 4.58. The highest BCUT2D eigenvalue weighted by molar-refractivity contribution is 5.58. The molecule has 2 aliphatic heterocycles. The number of nitrogens with zero attached hydrogens (tertiary/aromatic N) is 5. The van der Waals surface area contributed by atoms with Crippen molar-refractivity contribution in [2.75, 3.05) is 31.1 Å². The van der Waals surface area contributed by atoms with Crippen LogP contribution in [0.4, 0.5) is 5.82 Å². The van der Waals surface area contributed by atoms with Gasteiger partial charge in [0.1, 0.15) is 11.6 Å². The van der Waals surface area contributed by atoms with Gasteiger partial charge in [0.25, 0.3) is 0 Å². The fraction of sp³-hybridized carbons (Fsp3) is 0.450. The number of hydrogen-bond donors (Lipinski definition) is 0. The molecule has 0 N–H and O–H groups in total. The molecule has 0 aliphatic carbocycles. The number of aryl methyl sites for hydroxylation is 1. The van der Waals surface area contributed by atoms with E-state index in [1.165, 1.54) is 5.56 Å². The molecular weight excluding hydrogens is 326 g/mol. The van der Waals surface area contributed by atoms with E-state index in [1.807, 2.05) is 19.9 Å². The Morgan fingerprint density at radius 2 is 2.00 bits per heavy atom. The Morgan fingerprint density at radius 1 is 1.19 bits per heavy atom. The summed E-state index contributed by atoms with van der Waals surface area (Å²) in [5.74, 6) is 0.688. The van der Waals surface area contributed by atoms with E-state index < -0.39 is 0 Å². The van der Waals surface area contributed by atoms with Crippen LogP contribution in [0.3, 0.4) is 0 Å². The van der Waals surface area contributed by atoms with Crippen LogP contribution in [0.25, 0.3) is 0 Å². The lowest BCUT2D eigenvalue weighted by atomic mass is 10.1. The predicted octanol–water partition coefficient (Wildman–Crippen LogP) is 2.05. The highest BCUT2D eigenvalue weighted by Gasteiger charge is 2.41. The van der Waals surface area contributed by atoms with Crippen LogP contribution in [-0.4, -0.2) is 53.5 Å². The van der Waals surface area contributed by atoms with E-state index in [-0.39, 0.29) is 6.10 Å². The van der Waals surface area contributed by atoms with Gasteiger partial charge in [-0.15, -0.1) is 5.10 Å². The minimum atomic E-state index is 0.141. The third-order valence-electron chi connectivity index (χ3n) is 5.49. The summed E-state index contributed by atoms with van der Waals surface area (Å²) < 4.78 is 6.03. The molecule has 3 heterocycles. The molecule has 2 atom stereocenters. The number of nitriles is 1. The number of ether oxygens (including phenoxy) is 1. The average molecular weight is 349 g/mol. The van der Waals surface area contributed by atoms with Crippen LogP contribution in [0.2, 0.25) is 0 Å². The van der Waals surface area contributed by atoms with Crippen molar-refractivity contribution >= 4 is 5.82 Å². The van der Waals surface area contributed by atoms with Gasteiger partial charge in [-0.2, -0.15) is 10.4 Å². The lowest BCUT2D eigenvalue weighted by Gasteiger charge is -2.36. The molecule has 0 saturated carbocycles. The number of aromatic nitrogens is 2. The average Bonchev–Trinajstić information content (AvgIpc) is 3.10. The van der Waals surface area contributed by atoms with E-state index in [9.17, 15) is 5.26 Å². The van der Waals surface area contributed by atoms with Crippen molar-refractivity contribution in [3.63, 3.8) is 0 Å². The molecule has 4 rings (SSSR count). The Balaban J connectivity index is 1.57. The highest BCUT2D eigenvalue weighted by atomic mass is 16.5. The van der Waals surface area contributed by atoms with Gasteiger partial charge >= 0.3 is 0 Å². The van der Waals surface area contributed by atoms with Gasteiger partial charge in [-0.3, -0.25) is 4.90 Å². The van der Waals surface area contributed by atoms with Crippen molar-refractivity contribution in [1.82, 2.24) is 15.1 Å². The molecule has 26 heavy (non-hydrogen) atoms. The van der Waals surface area contributed by atoms with Crippen LogP contribution >= 0.6 is 0 Å². The maximum atomic E-state index is 9.60. The van der Waals surface area contributed by atoms with Crippen molar-refractivity contribution < 1.29 is 4.74 Å². The molecule has 2 saturated heterocycles. The topological polar surface area (TPSA) is 65.3 Å². The summed E-state index contributed by atoms with van der Waals surface area (Å²) in [4.78, 5) is 4.65. The van der Waals surface area contributed by atoms with E-state index in [2.05, 4.69) is 50.3 Å². The van der Waals surface area contributed by atoms with Gasteiger partial charge in [-0.05, 0) is 25.0 Å². The fourth-order valence-electron chi connectivity index (χ4n) is 3.90. The Bertz CT molecular complexity index is 832. The molecule has 6 nitrogen and oxygen atoms in total. The zero-order chi connectivity index (χ0) is 18.1. The van der Waals surface area contributed by atoms with Crippen LogP contribution in [0, 0.1) is 25.2 Å². The summed E-state index contributed by atoms with van der Waals surface area (Å²) in [7, 11) is 0. The zero-order valence-corrected chi connectivity index (χ0v) is 15.2. The smallest absolute Gasteiger partial charge is 0.169 e. The SMILES string of the molecule is Cc1nnc(N2C[C@@H]3[C@@H](C2)OCCN3Cc2ccccc2)c(C#N)c1C. The molecule has 0 amide bonds. The van der Waals surface area contributed by atoms with Crippen molar-refractivity contribution in [3.8, 4) is 6.07 Å². The lowest BCUT2D eigenvalue weighted by molar-refractivity contribution is -0.0499. The molecular formula is C20H23N5O. The van der Waals surface area contributed by atoms with Gasteiger partial charge in [0.2, 0.25) is 0 Å². The zero-order valence-electron chi connectivity index (χ0n) is 15.2. The second-order valence-corrected chi connectivity index (χ2v) is 7.06. The summed E-state index contributed by atoms with van der Waals surface area (Å²) in [6.45, 7) is 7.97. The van der Waals surface area contributed by atoms with Crippen LogP contribution < -0.4 is 4.90 Å². The summed E-state index contributed by atoms with van der Waals surface area (Å²) in [5.41, 5.74) is 3.67. The van der Waals surface area contributed by atoms with Crippen LogP contribution in [0.1, 0.15) is 22.4 Å². The molecule has 0 radical (unpaired) electrons. The van der Waals surface area contributed by atoms with E-state index in [1.54, 1.807) is 0 Å². The number of morpholine rings is 1. The number of anilines is 1. The van der Waals surface area contributed by atoms with Gasteiger partial charge in [0.15, 0.2) is 5.82 Å². The van der Waals surface area contributed by atoms with E-state index in [0.717, 1.165) is 44.0 Å². The van der Waals surface area contributed by atoms with E-state index >= 15 is 0 Å². The maximum absolute atomic E-state index is 9.60. The van der Waals surface area contributed by atoms with Gasteiger partial charge in [-0.1, -0.05) is 30.3 Å². The first-order valence-corrected chi connectivity index (χ1v) is 9.06. The molecule has 0 spiro atoms. The first kappa shape index (κ1) is 17.0. The second-order valence-electron chi connectivity index (χ2n) is 7.06. The molecule has 2 aromatic rings. The summed E-state index contributed by atoms with van der Waals surface area (Å²) >= 11 is 0. The number of hydrogen-bond acceptors (Lipinski definition) is 6. The minimum Gasteiger partial charge on any atom is -0.373 e. The van der Waals surface area contributed by atoms with E-state index in [0.29, 0.717) is 17.4 Å². The largest absolute Gasteiger partial charge is 0.373 e. The van der Waals surface area contributed by atoms with Gasteiger partial charge < -0.3 is 9.64 Å². The van der Waals surface area contributed by atoms with Crippen molar-refractivity contribution in [3.05, 3.63) is 52.7 Å². The third kappa shape index (κ3) is 3.05. The predicted molar refractivity (Wildman–Crippen MR) is 98.8 cm³/mol. The second kappa shape index (κ2) is 7.02. The molecule has 2 aliphatic rings. The van der Waals surface area contributed by atoms with Gasteiger partial charge in [-0.25, -0.2) is 0 Å². The lowest BCUT2D eigenvalue weighted by Crippen LogP contribution is -2.50. The molecule has 2 fully saturated rings. The van der Waals surface area contributed by atoms with Gasteiger partial charge in [0, 0.05) is 26.2 Å². The third-order valence-corrected chi connectivity index (χ3v) is 5.49. The number of rotatable bonds is 3. The van der Waals surface area contributed by atoms with Crippen LogP contribution in [0.15, 0.2) is 30.3 Å². The highest BCUT2D eigenvalue weighted by Crippen LogP contribution is 2.30. The van der Waals surface area contributed by atoms with Gasteiger partial charge in [0.05, 0.1) is 24.4 Å². The Labute approximate surface area is 154 Å². The first-order chi connectivity index (χ1) is 12.7. The fourth-order valence-corrected chi connectivity index (χ4v) is 3.90. The quantitative estimate of drug-likeness (QED) is 0.845. The first-order valence-electron chi connectivity index (χ1n) is 9.06. The Hall–Kier alpha value is -2.49. The molecule has 0 bridgehead atoms. The summed E-state index contributed by atoms with van der Waals surface area (Å²) in [5, 5.41) is 18.2. The summed E-state index contributed by atoms with van der Waals surface area (Å²) in [6.07, 6.45) is 0.141. The van der Waals surface area contributed by atoms with E-state index in [4.69, 9.17) is 4.74 Å². The standard InChI is InChI=1S/C20H23N5O/c1-14-15(2)22-23-20(17(14)10-21)25-12-18-19(13-25)26-9-8-24(18)11-16-6-4-3-5-7-16/h3-7,18-19H,8-9,11-13H2,1-2H3/t18-,19-/m1/s1. The number of benzene rings is 1. The summed E-state index contributed by atoms with van der Waals surface area (Å²) in [6, 6.07) is 13.2. The maximum Gasteiger partial charge on any atom is 0.169 e. The molecule has 1 aromatic heterocycles. The molecule has 134 valence electrons. The van der Waals surface area contributed by atoms with Crippen molar-refractivity contribution in [1.29, 1.82) is 5.26 Å². The molecule has 6 heteroatoms. The molecule has 1 aromatic carbocycles. The normalized spacial score (nSPS) is 22.9. The van der Waals surface area contributed by atoms with Crippen molar-refractivity contribution in [2.45, 2.75) is 32.5 Å².